The van der Waals surface area contributed by atoms with Gasteiger partial charge in [0.15, 0.2) is 11.4 Å². The Hall–Kier alpha value is -3.19. The van der Waals surface area contributed by atoms with E-state index in [1.807, 2.05) is 6.92 Å². The Morgan fingerprint density at radius 2 is 1.97 bits per heavy atom. The maximum Gasteiger partial charge on any atom is 0.393 e. The second-order valence-corrected chi connectivity index (χ2v) is 10.7. The third-order valence-electron chi connectivity index (χ3n) is 6.94. The van der Waals surface area contributed by atoms with Crippen LogP contribution in [-0.2, 0) is 6.42 Å². The summed E-state index contributed by atoms with van der Waals surface area (Å²) in [6, 6.07) is 1.64. The minimum absolute atomic E-state index is 0.0450. The molecular weight excluding hydrogens is 505 g/mol. The number of hydrogen-bond acceptors (Lipinski definition) is 8. The van der Waals surface area contributed by atoms with Crippen LogP contribution < -0.4 is 9.64 Å². The zero-order valence-electron chi connectivity index (χ0n) is 20.5. The monoisotopic (exact) mass is 532 g/mol. The number of piperazine rings is 1. The van der Waals surface area contributed by atoms with E-state index >= 15 is 0 Å². The fourth-order valence-electron chi connectivity index (χ4n) is 4.92. The molecule has 1 aliphatic heterocycles. The van der Waals surface area contributed by atoms with Gasteiger partial charge in [-0.3, -0.25) is 10.00 Å². The molecule has 0 bridgehead atoms. The Kier molecular flexibility index (Phi) is 6.06. The third-order valence-corrected chi connectivity index (χ3v) is 8.17. The normalized spacial score (nSPS) is 17.2. The van der Waals surface area contributed by atoms with Gasteiger partial charge in [0.05, 0.1) is 24.9 Å². The van der Waals surface area contributed by atoms with Crippen LogP contribution in [0.25, 0.3) is 27.6 Å². The van der Waals surface area contributed by atoms with Crippen molar-refractivity contribution in [1.29, 1.82) is 0 Å². The van der Waals surface area contributed by atoms with E-state index in [9.17, 15) is 13.2 Å². The van der Waals surface area contributed by atoms with Crippen LogP contribution >= 0.6 is 11.3 Å². The first-order chi connectivity index (χ1) is 17.8. The lowest BCUT2D eigenvalue weighted by atomic mass is 10.0. The van der Waals surface area contributed by atoms with Crippen molar-refractivity contribution in [3.05, 3.63) is 29.8 Å². The molecule has 37 heavy (non-hydrogen) atoms. The molecule has 0 unspecified atom stereocenters. The summed E-state index contributed by atoms with van der Waals surface area (Å²) in [4.78, 5) is 13.6. The number of aromatic amines is 1. The van der Waals surface area contributed by atoms with Crippen molar-refractivity contribution < 1.29 is 17.9 Å². The number of anilines is 1. The van der Waals surface area contributed by atoms with E-state index in [2.05, 4.69) is 35.1 Å². The van der Waals surface area contributed by atoms with Gasteiger partial charge >= 0.3 is 6.18 Å². The molecule has 4 aromatic rings. The van der Waals surface area contributed by atoms with Crippen LogP contribution in [0.1, 0.15) is 24.1 Å². The number of alkyl halides is 3. The van der Waals surface area contributed by atoms with Crippen molar-refractivity contribution in [3.8, 4) is 27.7 Å². The molecule has 0 atom stereocenters. The lowest BCUT2D eigenvalue weighted by Gasteiger charge is -2.35. The van der Waals surface area contributed by atoms with Gasteiger partial charge in [-0.05, 0) is 31.7 Å². The van der Waals surface area contributed by atoms with E-state index in [0.717, 1.165) is 42.8 Å². The van der Waals surface area contributed by atoms with E-state index in [0.29, 0.717) is 22.0 Å². The molecule has 5 heterocycles. The van der Waals surface area contributed by atoms with Gasteiger partial charge in [0, 0.05) is 50.0 Å². The lowest BCUT2D eigenvalue weighted by Crippen LogP contribution is -2.46. The molecule has 196 valence electrons. The molecule has 1 saturated heterocycles. The number of rotatable bonds is 7. The number of H-pyrrole nitrogens is 1. The van der Waals surface area contributed by atoms with Crippen molar-refractivity contribution >= 4 is 22.0 Å². The molecule has 4 aromatic heterocycles. The van der Waals surface area contributed by atoms with Crippen molar-refractivity contribution in [1.82, 2.24) is 34.7 Å². The number of aromatic nitrogens is 6. The average Bonchev–Trinajstić information content (AvgIpc) is 3.23. The smallest absolute Gasteiger partial charge is 0.393 e. The molecule has 0 spiro atoms. The Labute approximate surface area is 215 Å². The van der Waals surface area contributed by atoms with Crippen molar-refractivity contribution in [2.75, 3.05) is 44.7 Å². The molecule has 2 aliphatic rings. The van der Waals surface area contributed by atoms with Crippen molar-refractivity contribution in [2.24, 2.45) is 5.92 Å². The minimum Gasteiger partial charge on any atom is -0.493 e. The first-order valence-electron chi connectivity index (χ1n) is 12.3. The zero-order chi connectivity index (χ0) is 25.7. The predicted octanol–water partition coefficient (Wildman–Crippen LogP) is 4.20. The summed E-state index contributed by atoms with van der Waals surface area (Å²) in [5.41, 5.74) is 2.27. The van der Waals surface area contributed by atoms with Gasteiger partial charge in [-0.2, -0.15) is 23.4 Å². The Balaban J connectivity index is 1.34. The molecule has 0 radical (unpaired) electrons. The molecule has 6 rings (SSSR count). The number of methoxy groups -OCH3 is 1. The molecule has 9 nitrogen and oxygen atoms in total. The fraction of sp³-hybridized carbons (Fsp3) is 0.500. The summed E-state index contributed by atoms with van der Waals surface area (Å²) in [7, 11) is 1.48. The largest absolute Gasteiger partial charge is 0.493 e. The molecule has 1 N–H and O–H groups in total. The maximum absolute atomic E-state index is 13.7. The standard InChI is InChI=1S/C24H27F3N8OS/c1-14-23(34-7-5-33(6-8-34)11-15-3-4-15)37-22(30-14)20-17(10-24(25,26)27)19(31-32-20)16-9-18(36-2)21-28-13-29-35(21)12-16/h9,12-13,15H,3-8,10-11H2,1-2H3,(H,31,32). The highest BCUT2D eigenvalue weighted by atomic mass is 32.1. The lowest BCUT2D eigenvalue weighted by molar-refractivity contribution is -0.127. The van der Waals surface area contributed by atoms with Crippen LogP contribution in [0.15, 0.2) is 18.6 Å². The summed E-state index contributed by atoms with van der Waals surface area (Å²) < 4.78 is 48.1. The summed E-state index contributed by atoms with van der Waals surface area (Å²) in [6.07, 6.45) is 0.0806. The molecule has 1 saturated carbocycles. The molecule has 2 fully saturated rings. The van der Waals surface area contributed by atoms with Gasteiger partial charge in [-0.25, -0.2) is 14.5 Å². The molecule has 0 amide bonds. The molecule has 0 aromatic carbocycles. The van der Waals surface area contributed by atoms with Gasteiger partial charge in [0.2, 0.25) is 0 Å². The van der Waals surface area contributed by atoms with Crippen LogP contribution in [0.5, 0.6) is 5.75 Å². The van der Waals surface area contributed by atoms with Crippen molar-refractivity contribution in [2.45, 2.75) is 32.4 Å². The van der Waals surface area contributed by atoms with Crippen LogP contribution in [0.2, 0.25) is 0 Å². The van der Waals surface area contributed by atoms with Gasteiger partial charge in [-0.15, -0.1) is 0 Å². The van der Waals surface area contributed by atoms with E-state index in [1.54, 1.807) is 12.3 Å². The topological polar surface area (TPSA) is 87.5 Å². The number of fused-ring (bicyclic) bond motifs is 1. The number of aryl methyl sites for hydroxylation is 1. The first-order valence-corrected chi connectivity index (χ1v) is 13.1. The fourth-order valence-corrected chi connectivity index (χ4v) is 6.05. The Bertz CT molecular complexity index is 1420. The van der Waals surface area contributed by atoms with Gasteiger partial charge in [0.1, 0.15) is 22.0 Å². The van der Waals surface area contributed by atoms with Gasteiger partial charge in [0.25, 0.3) is 0 Å². The number of nitrogens with zero attached hydrogens (tertiary/aromatic N) is 7. The molecule has 13 heteroatoms. The zero-order valence-corrected chi connectivity index (χ0v) is 21.4. The quantitative estimate of drug-likeness (QED) is 0.382. The predicted molar refractivity (Wildman–Crippen MR) is 134 cm³/mol. The van der Waals surface area contributed by atoms with Crippen LogP contribution in [0.4, 0.5) is 18.2 Å². The number of ether oxygens (including phenoxy) is 1. The summed E-state index contributed by atoms with van der Waals surface area (Å²) in [5, 5.41) is 12.8. The SMILES string of the molecule is COc1cc(-c2[nH]nc(-c3nc(C)c(N4CCN(CC5CC5)CC4)s3)c2CC(F)(F)F)cn2ncnc12. The van der Waals surface area contributed by atoms with Crippen molar-refractivity contribution in [3.63, 3.8) is 0 Å². The van der Waals surface area contributed by atoms with Gasteiger partial charge < -0.3 is 9.64 Å². The van der Waals surface area contributed by atoms with E-state index in [-0.39, 0.29) is 17.0 Å². The maximum atomic E-state index is 13.7. The number of pyridine rings is 1. The average molecular weight is 533 g/mol. The second kappa shape index (κ2) is 9.28. The van der Waals surface area contributed by atoms with Crippen LogP contribution in [0.3, 0.4) is 0 Å². The molecular formula is C24H27F3N8OS. The van der Waals surface area contributed by atoms with Crippen LogP contribution in [0, 0.1) is 12.8 Å². The Morgan fingerprint density at radius 1 is 1.19 bits per heavy atom. The van der Waals surface area contributed by atoms with E-state index in [1.165, 1.54) is 48.7 Å². The first kappa shape index (κ1) is 24.2. The Morgan fingerprint density at radius 3 is 2.68 bits per heavy atom. The highest BCUT2D eigenvalue weighted by Gasteiger charge is 2.34. The summed E-state index contributed by atoms with van der Waals surface area (Å²) in [5.74, 6) is 1.26. The highest BCUT2D eigenvalue weighted by Crippen LogP contribution is 2.41. The summed E-state index contributed by atoms with van der Waals surface area (Å²) in [6.45, 7) is 6.82. The molecule has 1 aliphatic carbocycles. The third kappa shape index (κ3) is 4.89. The summed E-state index contributed by atoms with van der Waals surface area (Å²) >= 11 is 1.40. The second-order valence-electron chi connectivity index (χ2n) is 9.68. The van der Waals surface area contributed by atoms with E-state index < -0.39 is 12.6 Å². The number of halogens is 3. The van der Waals surface area contributed by atoms with E-state index in [4.69, 9.17) is 4.74 Å². The number of hydrogen-bond donors (Lipinski definition) is 1. The van der Waals surface area contributed by atoms with Gasteiger partial charge in [-0.1, -0.05) is 11.3 Å². The number of thiazole rings is 1. The number of nitrogens with one attached hydrogen (secondary N) is 1. The van der Waals surface area contributed by atoms with Crippen LogP contribution in [-0.4, -0.2) is 80.7 Å². The highest BCUT2D eigenvalue weighted by molar-refractivity contribution is 7.19. The minimum atomic E-state index is -4.43.